The molecule has 0 saturated carbocycles. The zero-order valence-corrected chi connectivity index (χ0v) is 9.27. The number of unbranched alkanes of at least 4 members (excludes halogenated alkanes) is 1. The zero-order chi connectivity index (χ0) is 11.0. The van der Waals surface area contributed by atoms with Gasteiger partial charge in [-0.3, -0.25) is 4.79 Å². The van der Waals surface area contributed by atoms with E-state index in [2.05, 4.69) is 5.32 Å². The molecule has 0 saturated heterocycles. The van der Waals surface area contributed by atoms with Crippen LogP contribution in [0.25, 0.3) is 0 Å². The molecular weight excluding hydrogens is 204 g/mol. The molecule has 0 aromatic rings. The van der Waals surface area contributed by atoms with Gasteiger partial charge < -0.3 is 5.32 Å². The smallest absolute Gasteiger partial charge is 0.219 e. The van der Waals surface area contributed by atoms with Crippen molar-refractivity contribution < 1.29 is 13.2 Å². The number of carbonyl (C=O) groups excluding carboxylic acids is 1. The minimum Gasteiger partial charge on any atom is -0.356 e. The molecular formula is C8H18N2O3S. The lowest BCUT2D eigenvalue weighted by atomic mass is 10.2. The lowest BCUT2D eigenvalue weighted by Crippen LogP contribution is -2.27. The summed E-state index contributed by atoms with van der Waals surface area (Å²) in [5, 5.41) is 7.42. The summed E-state index contributed by atoms with van der Waals surface area (Å²) in [6.07, 6.45) is 2.72. The van der Waals surface area contributed by atoms with E-state index < -0.39 is 10.0 Å². The SMILES string of the molecule is CCCCC(=O)NCCCS(N)(=O)=O. The monoisotopic (exact) mass is 222 g/mol. The summed E-state index contributed by atoms with van der Waals surface area (Å²) in [5.74, 6) is -0.109. The lowest BCUT2D eigenvalue weighted by molar-refractivity contribution is -0.121. The summed E-state index contributed by atoms with van der Waals surface area (Å²) >= 11 is 0. The Kier molecular flexibility index (Phi) is 6.48. The van der Waals surface area contributed by atoms with Gasteiger partial charge in [-0.1, -0.05) is 13.3 Å². The highest BCUT2D eigenvalue weighted by Crippen LogP contribution is 1.93. The molecule has 0 atom stereocenters. The maximum Gasteiger partial charge on any atom is 0.219 e. The number of hydrogen-bond donors (Lipinski definition) is 2. The van der Waals surface area contributed by atoms with Crippen molar-refractivity contribution in [3.05, 3.63) is 0 Å². The molecule has 84 valence electrons. The molecule has 0 spiro atoms. The van der Waals surface area contributed by atoms with E-state index in [1.165, 1.54) is 0 Å². The minimum atomic E-state index is -3.39. The summed E-state index contributed by atoms with van der Waals surface area (Å²) in [7, 11) is -3.39. The van der Waals surface area contributed by atoms with E-state index in [1.54, 1.807) is 0 Å². The van der Waals surface area contributed by atoms with Crippen molar-refractivity contribution in [1.29, 1.82) is 0 Å². The van der Waals surface area contributed by atoms with Gasteiger partial charge in [0.05, 0.1) is 5.75 Å². The summed E-state index contributed by atoms with van der Waals surface area (Å²) in [5.41, 5.74) is 0. The first-order valence-corrected chi connectivity index (χ1v) is 6.44. The van der Waals surface area contributed by atoms with Crippen LogP contribution in [0, 0.1) is 0 Å². The molecule has 0 aliphatic carbocycles. The summed E-state index contributed by atoms with van der Waals surface area (Å²) in [4.78, 5) is 11.0. The largest absolute Gasteiger partial charge is 0.356 e. The van der Waals surface area contributed by atoms with E-state index in [9.17, 15) is 13.2 Å². The Balaban J connectivity index is 3.41. The van der Waals surface area contributed by atoms with Gasteiger partial charge in [0.1, 0.15) is 0 Å². The number of carbonyl (C=O) groups is 1. The highest BCUT2D eigenvalue weighted by atomic mass is 32.2. The van der Waals surface area contributed by atoms with Crippen molar-refractivity contribution in [3.8, 4) is 0 Å². The Labute approximate surface area is 85.1 Å². The average Bonchev–Trinajstić information content (AvgIpc) is 2.07. The Morgan fingerprint density at radius 1 is 1.36 bits per heavy atom. The Morgan fingerprint density at radius 2 is 2.00 bits per heavy atom. The molecule has 3 N–H and O–H groups in total. The Hall–Kier alpha value is -0.620. The predicted octanol–water partition coefficient (Wildman–Crippen LogP) is -0.0286. The molecule has 0 bridgehead atoms. The molecule has 0 aliphatic rings. The third kappa shape index (κ3) is 9.47. The molecule has 1 amide bonds. The Morgan fingerprint density at radius 3 is 2.50 bits per heavy atom. The van der Waals surface area contributed by atoms with E-state index in [4.69, 9.17) is 5.14 Å². The number of sulfonamides is 1. The van der Waals surface area contributed by atoms with Gasteiger partial charge >= 0.3 is 0 Å². The topological polar surface area (TPSA) is 89.3 Å². The van der Waals surface area contributed by atoms with Gasteiger partial charge in [0, 0.05) is 13.0 Å². The summed E-state index contributed by atoms with van der Waals surface area (Å²) in [6.45, 7) is 2.38. The quantitative estimate of drug-likeness (QED) is 0.593. The van der Waals surface area contributed by atoms with Crippen LogP contribution in [0.15, 0.2) is 0 Å². The van der Waals surface area contributed by atoms with Crippen molar-refractivity contribution in [3.63, 3.8) is 0 Å². The molecule has 0 rings (SSSR count). The third-order valence-electron chi connectivity index (χ3n) is 1.69. The third-order valence-corrected chi connectivity index (χ3v) is 2.54. The number of amides is 1. The van der Waals surface area contributed by atoms with E-state index in [-0.39, 0.29) is 11.7 Å². The van der Waals surface area contributed by atoms with Gasteiger partial charge in [-0.05, 0) is 12.8 Å². The standard InChI is InChI=1S/C8H18N2O3S/c1-2-3-5-8(11)10-6-4-7-14(9,12)13/h2-7H2,1H3,(H,10,11)(H2,9,12,13). The van der Waals surface area contributed by atoms with Gasteiger partial charge in [-0.15, -0.1) is 0 Å². The van der Waals surface area contributed by atoms with E-state index in [0.29, 0.717) is 19.4 Å². The van der Waals surface area contributed by atoms with E-state index in [1.807, 2.05) is 6.92 Å². The number of primary sulfonamides is 1. The first-order chi connectivity index (χ1) is 6.45. The predicted molar refractivity (Wildman–Crippen MR) is 55.1 cm³/mol. The van der Waals surface area contributed by atoms with Crippen LogP contribution >= 0.6 is 0 Å². The molecule has 0 heterocycles. The maximum absolute atomic E-state index is 11.0. The van der Waals surface area contributed by atoms with Crippen molar-refractivity contribution in [2.45, 2.75) is 32.6 Å². The first-order valence-electron chi connectivity index (χ1n) is 4.73. The molecule has 14 heavy (non-hydrogen) atoms. The fourth-order valence-corrected chi connectivity index (χ4v) is 1.47. The normalized spacial score (nSPS) is 11.3. The molecule has 0 aliphatic heterocycles. The molecule has 0 radical (unpaired) electrons. The molecule has 0 fully saturated rings. The fourth-order valence-electron chi connectivity index (χ4n) is 0.927. The van der Waals surface area contributed by atoms with Crippen LogP contribution in [0.3, 0.4) is 0 Å². The van der Waals surface area contributed by atoms with E-state index >= 15 is 0 Å². The number of rotatable bonds is 7. The second kappa shape index (κ2) is 6.78. The Bertz CT molecular complexity index is 262. The molecule has 5 nitrogen and oxygen atoms in total. The molecule has 0 aromatic carbocycles. The van der Waals surface area contributed by atoms with Crippen molar-refractivity contribution >= 4 is 15.9 Å². The number of hydrogen-bond acceptors (Lipinski definition) is 3. The summed E-state index contributed by atoms with van der Waals surface area (Å²) in [6, 6.07) is 0. The van der Waals surface area contributed by atoms with Gasteiger partial charge in [0.25, 0.3) is 0 Å². The van der Waals surface area contributed by atoms with Gasteiger partial charge in [-0.2, -0.15) is 0 Å². The van der Waals surface area contributed by atoms with Crippen LogP contribution in [0.2, 0.25) is 0 Å². The van der Waals surface area contributed by atoms with Crippen LogP contribution in [0.4, 0.5) is 0 Å². The molecule has 0 aromatic heterocycles. The van der Waals surface area contributed by atoms with Gasteiger partial charge in [0.2, 0.25) is 15.9 Å². The maximum atomic E-state index is 11.0. The second-order valence-electron chi connectivity index (χ2n) is 3.17. The highest BCUT2D eigenvalue weighted by Gasteiger charge is 2.03. The first kappa shape index (κ1) is 13.4. The van der Waals surface area contributed by atoms with Crippen LogP contribution in [-0.2, 0) is 14.8 Å². The number of nitrogens with two attached hydrogens (primary N) is 1. The van der Waals surface area contributed by atoms with E-state index in [0.717, 1.165) is 12.8 Å². The number of nitrogens with one attached hydrogen (secondary N) is 1. The highest BCUT2D eigenvalue weighted by molar-refractivity contribution is 7.89. The van der Waals surface area contributed by atoms with Crippen LogP contribution in [0.1, 0.15) is 32.6 Å². The van der Waals surface area contributed by atoms with Crippen molar-refractivity contribution in [2.75, 3.05) is 12.3 Å². The second-order valence-corrected chi connectivity index (χ2v) is 4.91. The lowest BCUT2D eigenvalue weighted by Gasteiger charge is -2.03. The fraction of sp³-hybridized carbons (Fsp3) is 0.875. The zero-order valence-electron chi connectivity index (χ0n) is 8.45. The van der Waals surface area contributed by atoms with Crippen LogP contribution < -0.4 is 10.5 Å². The van der Waals surface area contributed by atoms with Crippen molar-refractivity contribution in [2.24, 2.45) is 5.14 Å². The van der Waals surface area contributed by atoms with Gasteiger partial charge in [-0.25, -0.2) is 13.6 Å². The van der Waals surface area contributed by atoms with Crippen LogP contribution in [0.5, 0.6) is 0 Å². The summed E-state index contributed by atoms with van der Waals surface area (Å²) < 4.78 is 21.0. The van der Waals surface area contributed by atoms with Crippen LogP contribution in [-0.4, -0.2) is 26.6 Å². The average molecular weight is 222 g/mol. The molecule has 0 unspecified atom stereocenters. The molecule has 6 heteroatoms. The van der Waals surface area contributed by atoms with Gasteiger partial charge in [0.15, 0.2) is 0 Å². The van der Waals surface area contributed by atoms with Crippen molar-refractivity contribution in [1.82, 2.24) is 5.32 Å². The minimum absolute atomic E-state index is 0.0266.